The highest BCUT2D eigenvalue weighted by Crippen LogP contribution is 2.35. The van der Waals surface area contributed by atoms with Gasteiger partial charge < -0.3 is 37.9 Å². The van der Waals surface area contributed by atoms with E-state index in [-0.39, 0.29) is 23.7 Å². The van der Waals surface area contributed by atoms with E-state index in [0.717, 1.165) is 38.1 Å². The van der Waals surface area contributed by atoms with Crippen LogP contribution in [-0.2, 0) is 37.9 Å². The largest absolute Gasteiger partial charge is 0.360 e. The molecule has 0 aromatic carbocycles. The zero-order chi connectivity index (χ0) is 36.3. The SMILES string of the molecule is COC(OC)[Si]CCCCCC[Si](CCCCCC[Si]C(OC)OC)(CCCCCC[Si]C(OC)OC)CCCCCC[Si]C(OC)OC. The van der Waals surface area contributed by atoms with E-state index in [0.29, 0.717) is 0 Å². The Morgan fingerprint density at radius 2 is 0.469 bits per heavy atom. The molecule has 0 aliphatic rings. The zero-order valence-electron chi connectivity index (χ0n) is 33.0. The van der Waals surface area contributed by atoms with Gasteiger partial charge in [0.05, 0.1) is 8.07 Å². The molecule has 0 spiro atoms. The summed E-state index contributed by atoms with van der Waals surface area (Å²) >= 11 is 0. The van der Waals surface area contributed by atoms with Gasteiger partial charge in [0.2, 0.25) is 0 Å². The lowest BCUT2D eigenvalue weighted by Gasteiger charge is -2.33. The maximum Gasteiger partial charge on any atom is 0.136 e. The van der Waals surface area contributed by atoms with Crippen LogP contribution in [0.15, 0.2) is 0 Å². The summed E-state index contributed by atoms with van der Waals surface area (Å²) in [7, 11) is 15.6. The van der Waals surface area contributed by atoms with E-state index in [2.05, 4.69) is 0 Å². The third kappa shape index (κ3) is 28.9. The molecule has 0 amide bonds. The fraction of sp³-hybridized carbons (Fsp3) is 1.00. The molecule has 8 radical (unpaired) electrons. The molecule has 0 aliphatic carbocycles. The van der Waals surface area contributed by atoms with Crippen LogP contribution < -0.4 is 0 Å². The van der Waals surface area contributed by atoms with Gasteiger partial charge in [-0.15, -0.1) is 0 Å². The van der Waals surface area contributed by atoms with E-state index in [1.807, 2.05) is 0 Å². The third-order valence-corrected chi connectivity index (χ3v) is 20.9. The molecule has 0 rings (SSSR count). The summed E-state index contributed by atoms with van der Waals surface area (Å²) in [6.07, 6.45) is 21.8. The Labute approximate surface area is 314 Å². The van der Waals surface area contributed by atoms with Crippen molar-refractivity contribution in [2.24, 2.45) is 0 Å². The highest BCUT2D eigenvalue weighted by atomic mass is 28.3. The van der Waals surface area contributed by atoms with Crippen molar-refractivity contribution < 1.29 is 37.9 Å². The normalized spacial score (nSPS) is 12.5. The van der Waals surface area contributed by atoms with Crippen molar-refractivity contribution in [3.63, 3.8) is 0 Å². The van der Waals surface area contributed by atoms with Gasteiger partial charge in [0.15, 0.2) is 0 Å². The van der Waals surface area contributed by atoms with Gasteiger partial charge in [0.1, 0.15) is 61.7 Å². The van der Waals surface area contributed by atoms with Gasteiger partial charge in [-0.2, -0.15) is 0 Å². The second-order valence-electron chi connectivity index (χ2n) is 13.2. The van der Waals surface area contributed by atoms with Crippen molar-refractivity contribution in [3.05, 3.63) is 0 Å². The lowest BCUT2D eigenvalue weighted by atomic mass is 10.2. The highest BCUT2D eigenvalue weighted by Gasteiger charge is 2.30. The molecule has 0 heterocycles. The van der Waals surface area contributed by atoms with Crippen LogP contribution in [0.5, 0.6) is 0 Å². The second-order valence-corrected chi connectivity index (χ2v) is 23.7. The Morgan fingerprint density at radius 3 is 0.653 bits per heavy atom. The number of methoxy groups -OCH3 is 8. The van der Waals surface area contributed by atoms with E-state index in [4.69, 9.17) is 37.9 Å². The summed E-state index contributed by atoms with van der Waals surface area (Å²) in [6, 6.07) is 11.0. The molecule has 8 nitrogen and oxygen atoms in total. The van der Waals surface area contributed by atoms with Crippen LogP contribution >= 0.6 is 0 Å². The van der Waals surface area contributed by atoms with Crippen molar-refractivity contribution in [2.75, 3.05) is 56.9 Å². The summed E-state index contributed by atoms with van der Waals surface area (Å²) < 4.78 is 43.2. The molecule has 0 saturated carbocycles. The lowest BCUT2D eigenvalue weighted by molar-refractivity contribution is -0.0442. The first-order valence-electron chi connectivity index (χ1n) is 19.1. The molecule has 0 unspecified atom stereocenters. The highest BCUT2D eigenvalue weighted by molar-refractivity contribution is 6.79. The smallest absolute Gasteiger partial charge is 0.136 e. The quantitative estimate of drug-likeness (QED) is 0.0349. The van der Waals surface area contributed by atoms with Crippen molar-refractivity contribution in [2.45, 2.75) is 175 Å². The first-order valence-corrected chi connectivity index (χ1v) is 27.1. The lowest BCUT2D eigenvalue weighted by Crippen LogP contribution is -2.34. The molecule has 13 heteroatoms. The maximum atomic E-state index is 5.40. The van der Waals surface area contributed by atoms with Crippen LogP contribution in [0.3, 0.4) is 0 Å². The number of rotatable bonds is 40. The van der Waals surface area contributed by atoms with Crippen molar-refractivity contribution in [1.82, 2.24) is 0 Å². The standard InChI is InChI=1S/C36H76O8Si5/c1-37-33(38-2)45-25-17-9-13-21-29-49(30-22-14-10-18-26-46-34(39-3)40-4,31-23-15-11-19-27-47-35(41-5)42-6)32-24-16-12-20-28-48-36(43-7)44-8/h33-36H,9-32H2,1-8H3. The van der Waals surface area contributed by atoms with Crippen LogP contribution in [0.1, 0.15) is 103 Å². The monoisotopic (exact) mass is 776 g/mol. The molecule has 0 bridgehead atoms. The Kier molecular flexibility index (Phi) is 37.7. The second kappa shape index (κ2) is 37.1. The first kappa shape index (κ1) is 49.8. The Morgan fingerprint density at radius 1 is 0.286 bits per heavy atom. The van der Waals surface area contributed by atoms with Crippen molar-refractivity contribution in [3.8, 4) is 0 Å². The molecule has 0 aromatic heterocycles. The minimum Gasteiger partial charge on any atom is -0.360 e. The summed E-state index contributed by atoms with van der Waals surface area (Å²) in [4.78, 5) is 0. The summed E-state index contributed by atoms with van der Waals surface area (Å²) in [5, 5.41) is 0. The molecular formula is C36H76O8Si5. The van der Waals surface area contributed by atoms with Gasteiger partial charge in [-0.3, -0.25) is 0 Å². The van der Waals surface area contributed by atoms with E-state index >= 15 is 0 Å². The van der Waals surface area contributed by atoms with Crippen LogP contribution in [0.25, 0.3) is 0 Å². The van der Waals surface area contributed by atoms with Crippen LogP contribution in [0, 0.1) is 0 Å². The van der Waals surface area contributed by atoms with Gasteiger partial charge in [-0.1, -0.05) is 151 Å². The molecule has 0 aromatic rings. The summed E-state index contributed by atoms with van der Waals surface area (Å²) in [5.41, 5.74) is 0. The molecule has 0 saturated heterocycles. The van der Waals surface area contributed by atoms with Crippen molar-refractivity contribution in [1.29, 1.82) is 0 Å². The molecule has 49 heavy (non-hydrogen) atoms. The number of unbranched alkanes of at least 4 members (excludes halogenated alkanes) is 12. The maximum absolute atomic E-state index is 5.40. The molecule has 0 fully saturated rings. The zero-order valence-corrected chi connectivity index (χ0v) is 38.0. The average molecular weight is 777 g/mol. The van der Waals surface area contributed by atoms with Crippen LogP contribution in [0.4, 0.5) is 0 Å². The summed E-state index contributed by atoms with van der Waals surface area (Å²) in [6.45, 7) is 0. The van der Waals surface area contributed by atoms with Gasteiger partial charge in [-0.05, 0) is 0 Å². The molecule has 288 valence electrons. The average Bonchev–Trinajstić information content (AvgIpc) is 3.13. The third-order valence-electron chi connectivity index (χ3n) is 9.49. The fourth-order valence-electron chi connectivity index (χ4n) is 6.60. The van der Waals surface area contributed by atoms with E-state index in [9.17, 15) is 0 Å². The van der Waals surface area contributed by atoms with Gasteiger partial charge in [0, 0.05) is 56.9 Å². The Hall–Kier alpha value is 0.764. The first-order chi connectivity index (χ1) is 24.0. The van der Waals surface area contributed by atoms with Gasteiger partial charge in [0.25, 0.3) is 0 Å². The van der Waals surface area contributed by atoms with Crippen molar-refractivity contribution >= 4 is 46.2 Å². The molecule has 0 aliphatic heterocycles. The Bertz CT molecular complexity index is 547. The summed E-state index contributed by atoms with van der Waals surface area (Å²) in [5.74, 6) is -0.0903. The predicted octanol–water partition coefficient (Wildman–Crippen LogP) is 8.47. The Balaban J connectivity index is 5.13. The predicted molar refractivity (Wildman–Crippen MR) is 212 cm³/mol. The van der Waals surface area contributed by atoms with Crippen LogP contribution in [0.2, 0.25) is 48.4 Å². The topological polar surface area (TPSA) is 73.8 Å². The van der Waals surface area contributed by atoms with Gasteiger partial charge in [-0.25, -0.2) is 0 Å². The van der Waals surface area contributed by atoms with E-state index < -0.39 is 8.07 Å². The fourth-order valence-corrected chi connectivity index (χ4v) is 16.2. The number of hydrogen-bond donors (Lipinski definition) is 0. The van der Waals surface area contributed by atoms with E-state index in [1.165, 1.54) is 151 Å². The molecule has 0 atom stereocenters. The minimum atomic E-state index is -1.34. The number of ether oxygens (including phenoxy) is 8. The molecular weight excluding hydrogens is 701 g/mol. The van der Waals surface area contributed by atoms with E-state index in [1.54, 1.807) is 56.9 Å². The minimum absolute atomic E-state index is 0.0226. The van der Waals surface area contributed by atoms with Gasteiger partial charge >= 0.3 is 0 Å². The van der Waals surface area contributed by atoms with Crippen LogP contribution in [-0.4, -0.2) is 127 Å². The molecule has 0 N–H and O–H groups in total. The number of hydrogen-bond acceptors (Lipinski definition) is 8.